The van der Waals surface area contributed by atoms with Crippen LogP contribution in [-0.4, -0.2) is 61.5 Å². The van der Waals surface area contributed by atoms with E-state index in [1.165, 1.54) is 11.3 Å². The number of hydrogen-bond acceptors (Lipinski definition) is 6. The third-order valence-corrected chi connectivity index (χ3v) is 6.58. The Morgan fingerprint density at radius 3 is 2.21 bits per heavy atom. The smallest absolute Gasteiger partial charge is 0.329 e. The van der Waals surface area contributed by atoms with Gasteiger partial charge in [0.05, 0.1) is 4.88 Å². The number of rotatable bonds is 8. The second kappa shape index (κ2) is 11.5. The van der Waals surface area contributed by atoms with Crippen LogP contribution in [0, 0.1) is 0 Å². The first-order valence-electron chi connectivity index (χ1n) is 11.2. The molecule has 2 heterocycles. The van der Waals surface area contributed by atoms with Gasteiger partial charge >= 0.3 is 5.97 Å². The maximum atomic E-state index is 12.9. The molecule has 8 heteroatoms. The molecule has 34 heavy (non-hydrogen) atoms. The van der Waals surface area contributed by atoms with E-state index in [1.54, 1.807) is 22.4 Å². The molecular weight excluding hydrogens is 450 g/mol. The average Bonchev–Trinajstić information content (AvgIpc) is 3.43. The Bertz CT molecular complexity index is 1080. The summed E-state index contributed by atoms with van der Waals surface area (Å²) in [5.74, 6) is -1.19. The lowest BCUT2D eigenvalue weighted by molar-refractivity contribution is -0.153. The molecule has 0 saturated carbocycles. The van der Waals surface area contributed by atoms with Gasteiger partial charge in [-0.1, -0.05) is 54.6 Å². The van der Waals surface area contributed by atoms with Crippen LogP contribution in [-0.2, 0) is 20.7 Å². The second-order valence-electron chi connectivity index (χ2n) is 8.00. The summed E-state index contributed by atoms with van der Waals surface area (Å²) in [4.78, 5) is 42.6. The largest absolute Gasteiger partial charge is 0.454 e. The van der Waals surface area contributed by atoms with E-state index in [0.29, 0.717) is 18.0 Å². The zero-order valence-corrected chi connectivity index (χ0v) is 19.6. The van der Waals surface area contributed by atoms with Gasteiger partial charge < -0.3 is 19.9 Å². The number of benzene rings is 2. The van der Waals surface area contributed by atoms with Crippen LogP contribution in [0.25, 0.3) is 0 Å². The predicted molar refractivity (Wildman–Crippen MR) is 132 cm³/mol. The number of thiophene rings is 1. The molecule has 1 aromatic heterocycles. The van der Waals surface area contributed by atoms with E-state index in [1.807, 2.05) is 48.5 Å². The fourth-order valence-corrected chi connectivity index (χ4v) is 4.48. The number of para-hydroxylation sites is 1. The van der Waals surface area contributed by atoms with Crippen LogP contribution in [0.4, 0.5) is 5.69 Å². The number of esters is 1. The summed E-state index contributed by atoms with van der Waals surface area (Å²) in [7, 11) is 0. The van der Waals surface area contributed by atoms with Gasteiger partial charge in [-0.3, -0.25) is 9.59 Å². The topological polar surface area (TPSA) is 78.9 Å². The van der Waals surface area contributed by atoms with Crippen molar-refractivity contribution in [1.82, 2.24) is 10.2 Å². The van der Waals surface area contributed by atoms with E-state index in [4.69, 9.17) is 4.74 Å². The molecule has 0 unspecified atom stereocenters. The summed E-state index contributed by atoms with van der Waals surface area (Å²) in [6, 6.07) is 22.1. The first-order chi connectivity index (χ1) is 16.6. The number of anilines is 1. The fourth-order valence-electron chi connectivity index (χ4n) is 3.86. The van der Waals surface area contributed by atoms with Crippen molar-refractivity contribution < 1.29 is 19.1 Å². The van der Waals surface area contributed by atoms with Crippen molar-refractivity contribution in [2.45, 2.75) is 12.5 Å². The van der Waals surface area contributed by atoms with Crippen molar-refractivity contribution in [2.75, 3.05) is 37.7 Å². The highest BCUT2D eigenvalue weighted by molar-refractivity contribution is 7.12. The first kappa shape index (κ1) is 23.5. The maximum Gasteiger partial charge on any atom is 0.329 e. The van der Waals surface area contributed by atoms with E-state index in [0.717, 1.165) is 24.3 Å². The van der Waals surface area contributed by atoms with Gasteiger partial charge in [0.2, 0.25) is 0 Å². The standard InChI is InChI=1S/C26H27N3O4S/c30-24(29-15-13-28(14-16-29)21-10-5-2-6-11-21)19-33-26(32)22(18-20-8-3-1-4-9-20)27-25(31)23-12-7-17-34-23/h1-12,17,22H,13-16,18-19H2,(H,27,31)/t22-/m0/s1. The number of carbonyl (C=O) groups excluding carboxylic acids is 3. The first-order valence-corrected chi connectivity index (χ1v) is 12.1. The Labute approximate surface area is 202 Å². The zero-order chi connectivity index (χ0) is 23.8. The van der Waals surface area contributed by atoms with Crippen LogP contribution < -0.4 is 10.2 Å². The van der Waals surface area contributed by atoms with Crippen LogP contribution in [0.15, 0.2) is 78.2 Å². The monoisotopic (exact) mass is 477 g/mol. The van der Waals surface area contributed by atoms with Crippen LogP contribution in [0.1, 0.15) is 15.2 Å². The van der Waals surface area contributed by atoms with Crippen molar-refractivity contribution >= 4 is 34.8 Å². The fraction of sp³-hybridized carbons (Fsp3) is 0.269. The molecule has 0 spiro atoms. The molecule has 0 radical (unpaired) electrons. The van der Waals surface area contributed by atoms with Crippen LogP contribution in [0.2, 0.25) is 0 Å². The molecule has 2 aromatic carbocycles. The number of amides is 2. The minimum Gasteiger partial charge on any atom is -0.454 e. The summed E-state index contributed by atoms with van der Waals surface area (Å²) in [5, 5.41) is 4.56. The Morgan fingerprint density at radius 2 is 1.56 bits per heavy atom. The van der Waals surface area contributed by atoms with Crippen LogP contribution in [0.5, 0.6) is 0 Å². The Kier molecular flexibility index (Phi) is 7.93. The van der Waals surface area contributed by atoms with E-state index >= 15 is 0 Å². The molecule has 176 valence electrons. The highest BCUT2D eigenvalue weighted by Gasteiger charge is 2.27. The number of ether oxygens (including phenoxy) is 1. The molecule has 1 N–H and O–H groups in total. The average molecular weight is 478 g/mol. The normalized spacial score (nSPS) is 14.4. The molecule has 7 nitrogen and oxygen atoms in total. The minimum absolute atomic E-state index is 0.232. The summed E-state index contributed by atoms with van der Waals surface area (Å²) in [5.41, 5.74) is 2.02. The number of hydrogen-bond donors (Lipinski definition) is 1. The maximum absolute atomic E-state index is 12.9. The van der Waals surface area contributed by atoms with Gasteiger partial charge in [0.1, 0.15) is 6.04 Å². The number of nitrogens with zero attached hydrogens (tertiary/aromatic N) is 2. The van der Waals surface area contributed by atoms with Crippen molar-refractivity contribution in [3.8, 4) is 0 Å². The highest BCUT2D eigenvalue weighted by Crippen LogP contribution is 2.16. The molecule has 1 atom stereocenters. The molecule has 1 aliphatic heterocycles. The minimum atomic E-state index is -0.889. The summed E-state index contributed by atoms with van der Waals surface area (Å²) < 4.78 is 5.37. The van der Waals surface area contributed by atoms with Gasteiger partial charge in [0, 0.05) is 38.3 Å². The summed E-state index contributed by atoms with van der Waals surface area (Å²) in [6.07, 6.45) is 0.279. The molecule has 3 aromatic rings. The Morgan fingerprint density at radius 1 is 0.882 bits per heavy atom. The summed E-state index contributed by atoms with van der Waals surface area (Å²) >= 11 is 1.30. The quantitative estimate of drug-likeness (QED) is 0.505. The molecule has 1 aliphatic rings. The SMILES string of the molecule is O=C(N[C@@H](Cc1ccccc1)C(=O)OCC(=O)N1CCN(c2ccccc2)CC1)c1cccs1. The van der Waals surface area contributed by atoms with E-state index in [-0.39, 0.29) is 24.8 Å². The molecule has 0 bridgehead atoms. The molecule has 2 amide bonds. The number of nitrogens with one attached hydrogen (secondary N) is 1. The van der Waals surface area contributed by atoms with Gasteiger partial charge in [-0.2, -0.15) is 0 Å². The van der Waals surface area contributed by atoms with Gasteiger partial charge in [-0.15, -0.1) is 11.3 Å². The molecule has 1 fully saturated rings. The highest BCUT2D eigenvalue weighted by atomic mass is 32.1. The lowest BCUT2D eigenvalue weighted by Crippen LogP contribution is -2.50. The zero-order valence-electron chi connectivity index (χ0n) is 18.8. The molecule has 4 rings (SSSR count). The van der Waals surface area contributed by atoms with Gasteiger partial charge in [0.15, 0.2) is 6.61 Å². The van der Waals surface area contributed by atoms with Gasteiger partial charge in [-0.25, -0.2) is 4.79 Å². The lowest BCUT2D eigenvalue weighted by atomic mass is 10.1. The lowest BCUT2D eigenvalue weighted by Gasteiger charge is -2.36. The van der Waals surface area contributed by atoms with E-state index < -0.39 is 12.0 Å². The number of piperazine rings is 1. The molecule has 0 aliphatic carbocycles. The Balaban J connectivity index is 1.31. The second-order valence-corrected chi connectivity index (χ2v) is 8.95. The predicted octanol–water partition coefficient (Wildman–Crippen LogP) is 2.98. The number of carbonyl (C=O) groups is 3. The van der Waals surface area contributed by atoms with Crippen molar-refractivity contribution in [2.24, 2.45) is 0 Å². The molecule has 1 saturated heterocycles. The van der Waals surface area contributed by atoms with E-state index in [9.17, 15) is 14.4 Å². The van der Waals surface area contributed by atoms with Gasteiger partial charge in [-0.05, 0) is 29.1 Å². The Hall–Kier alpha value is -3.65. The molecular formula is C26H27N3O4S. The van der Waals surface area contributed by atoms with Crippen molar-refractivity contribution in [3.63, 3.8) is 0 Å². The van der Waals surface area contributed by atoms with Crippen molar-refractivity contribution in [3.05, 3.63) is 88.6 Å². The van der Waals surface area contributed by atoms with Crippen molar-refractivity contribution in [1.29, 1.82) is 0 Å². The van der Waals surface area contributed by atoms with E-state index in [2.05, 4.69) is 22.3 Å². The third-order valence-electron chi connectivity index (χ3n) is 5.71. The van der Waals surface area contributed by atoms with Crippen LogP contribution in [0.3, 0.4) is 0 Å². The van der Waals surface area contributed by atoms with Gasteiger partial charge in [0.25, 0.3) is 11.8 Å². The summed E-state index contributed by atoms with van der Waals surface area (Å²) in [6.45, 7) is 2.22. The van der Waals surface area contributed by atoms with Crippen LogP contribution >= 0.6 is 11.3 Å². The third kappa shape index (κ3) is 6.23.